The maximum absolute atomic E-state index is 9.05. The Morgan fingerprint density at radius 3 is 2.65 bits per heavy atom. The third kappa shape index (κ3) is 3.43. The molecule has 1 aliphatic rings. The molecule has 0 amide bonds. The molecule has 2 nitrogen and oxygen atoms in total. The Balaban J connectivity index is 1.50. The fourth-order valence-corrected chi connectivity index (χ4v) is 5.66. The van der Waals surface area contributed by atoms with E-state index in [2.05, 4.69) is 11.1 Å². The van der Waals surface area contributed by atoms with Gasteiger partial charge in [0.15, 0.2) is 0 Å². The van der Waals surface area contributed by atoms with E-state index in [1.807, 2.05) is 30.3 Å². The first-order valence-corrected chi connectivity index (χ1v) is 11.5. The van der Waals surface area contributed by atoms with Crippen LogP contribution in [0.25, 0.3) is 42.8 Å². The van der Waals surface area contributed by atoms with Crippen molar-refractivity contribution in [1.29, 1.82) is 0 Å². The van der Waals surface area contributed by atoms with E-state index < -0.39 is 11.9 Å². The zero-order chi connectivity index (χ0) is 25.9. The standard InChI is InChI=1S/C28H24N2S/c1-3-8-19(9-4-1)21-16-17-29-26(18-21)24-13-7-12-22-23-14-15-25(20-10-5-2-6-11-20)30-28(23)31-27(22)24/h2,5-7,10-19H,1,3-4,8-9H2/i2D,5D,6D,10D,11D,19D. The molecule has 0 aliphatic heterocycles. The number of hydrogen-bond acceptors (Lipinski definition) is 3. The van der Waals surface area contributed by atoms with Gasteiger partial charge in [-0.25, -0.2) is 4.98 Å². The van der Waals surface area contributed by atoms with Crippen LogP contribution < -0.4 is 0 Å². The van der Waals surface area contributed by atoms with E-state index in [9.17, 15) is 0 Å². The fourth-order valence-electron chi connectivity index (χ4n) is 4.46. The lowest BCUT2D eigenvalue weighted by molar-refractivity contribution is 0.443. The van der Waals surface area contributed by atoms with E-state index in [0.717, 1.165) is 62.8 Å². The molecule has 0 unspecified atom stereocenters. The minimum Gasteiger partial charge on any atom is -0.256 e. The van der Waals surface area contributed by atoms with Crippen LogP contribution in [0.2, 0.25) is 0 Å². The van der Waals surface area contributed by atoms with E-state index in [-0.39, 0.29) is 29.7 Å². The van der Waals surface area contributed by atoms with Gasteiger partial charge in [-0.05, 0) is 48.6 Å². The van der Waals surface area contributed by atoms with Crippen LogP contribution in [0.1, 0.15) is 51.8 Å². The maximum Gasteiger partial charge on any atom is 0.125 e. The second-order valence-electron chi connectivity index (χ2n) is 7.93. The number of nitrogens with zero attached hydrogens (tertiary/aromatic N) is 2. The molecule has 152 valence electrons. The first kappa shape index (κ1) is 13.4. The van der Waals surface area contributed by atoms with E-state index >= 15 is 0 Å². The minimum absolute atomic E-state index is 0.105. The number of fused-ring (bicyclic) bond motifs is 3. The SMILES string of the molecule is [2H]c1c([2H])c([2H])c(-c2ccc3c(n2)sc2c(-c4cc(C5([2H])CCCCC5)ccn4)cccc23)c([2H])c1[2H]. The highest BCUT2D eigenvalue weighted by Crippen LogP contribution is 2.40. The quantitative estimate of drug-likeness (QED) is 0.290. The smallest absolute Gasteiger partial charge is 0.125 e. The summed E-state index contributed by atoms with van der Waals surface area (Å²) in [5.74, 6) is -0.565. The second kappa shape index (κ2) is 7.90. The molecule has 0 saturated heterocycles. The average molecular weight is 427 g/mol. The van der Waals surface area contributed by atoms with Gasteiger partial charge in [0.1, 0.15) is 4.83 Å². The monoisotopic (exact) mass is 426 g/mol. The van der Waals surface area contributed by atoms with Crippen LogP contribution in [-0.2, 0) is 0 Å². The summed E-state index contributed by atoms with van der Waals surface area (Å²) in [6, 6.07) is 12.1. The largest absolute Gasteiger partial charge is 0.256 e. The van der Waals surface area contributed by atoms with Crippen molar-refractivity contribution in [1.82, 2.24) is 9.97 Å². The molecule has 3 heteroatoms. The van der Waals surface area contributed by atoms with Crippen LogP contribution in [-0.4, -0.2) is 9.97 Å². The number of thiophene rings is 1. The highest BCUT2D eigenvalue weighted by atomic mass is 32.1. The summed E-state index contributed by atoms with van der Waals surface area (Å²) in [4.78, 5) is 10.1. The fraction of sp³-hybridized carbons (Fsp3) is 0.214. The predicted molar refractivity (Wildman–Crippen MR) is 132 cm³/mol. The van der Waals surface area contributed by atoms with Gasteiger partial charge in [0.25, 0.3) is 0 Å². The van der Waals surface area contributed by atoms with Gasteiger partial charge in [0.2, 0.25) is 0 Å². The van der Waals surface area contributed by atoms with Gasteiger partial charge in [0, 0.05) is 34.2 Å². The Hall–Kier alpha value is -3.04. The molecular weight excluding hydrogens is 396 g/mol. The Kier molecular flexibility index (Phi) is 3.41. The van der Waals surface area contributed by atoms with Crippen molar-refractivity contribution in [3.8, 4) is 22.5 Å². The van der Waals surface area contributed by atoms with E-state index in [1.165, 1.54) is 17.8 Å². The van der Waals surface area contributed by atoms with Gasteiger partial charge in [-0.1, -0.05) is 67.7 Å². The number of rotatable bonds is 3. The first-order chi connectivity index (χ1) is 17.8. The molecule has 31 heavy (non-hydrogen) atoms. The minimum atomic E-state index is -0.565. The van der Waals surface area contributed by atoms with E-state index in [1.54, 1.807) is 12.3 Å². The normalized spacial score (nSPS) is 18.7. The van der Waals surface area contributed by atoms with Crippen LogP contribution in [0.3, 0.4) is 0 Å². The lowest BCUT2D eigenvalue weighted by atomic mass is 9.84. The molecule has 1 fully saturated rings. The van der Waals surface area contributed by atoms with Gasteiger partial charge in [-0.15, -0.1) is 11.3 Å². The number of pyridine rings is 2. The third-order valence-corrected chi connectivity index (χ3v) is 7.17. The maximum atomic E-state index is 9.05. The molecule has 0 bridgehead atoms. The summed E-state index contributed by atoms with van der Waals surface area (Å²) < 4.78 is 50.6. The predicted octanol–water partition coefficient (Wildman–Crippen LogP) is 8.23. The van der Waals surface area contributed by atoms with Crippen molar-refractivity contribution in [3.63, 3.8) is 0 Å². The molecule has 0 atom stereocenters. The number of benzene rings is 2. The van der Waals surface area contributed by atoms with Crippen molar-refractivity contribution in [2.24, 2.45) is 0 Å². The molecule has 3 heterocycles. The summed E-state index contributed by atoms with van der Waals surface area (Å²) in [6.45, 7) is 0. The first-order valence-electron chi connectivity index (χ1n) is 13.6. The Labute approximate surface area is 195 Å². The summed E-state index contributed by atoms with van der Waals surface area (Å²) >= 11 is 1.50. The topological polar surface area (TPSA) is 25.8 Å². The van der Waals surface area contributed by atoms with Gasteiger partial charge in [-0.3, -0.25) is 4.98 Å². The van der Waals surface area contributed by atoms with Crippen LogP contribution >= 0.6 is 11.3 Å². The third-order valence-electron chi connectivity index (χ3n) is 6.02. The highest BCUT2D eigenvalue weighted by Gasteiger charge is 2.18. The van der Waals surface area contributed by atoms with Gasteiger partial charge in [0.05, 0.1) is 18.2 Å². The Morgan fingerprint density at radius 1 is 0.903 bits per heavy atom. The molecule has 5 aromatic rings. The zero-order valence-electron chi connectivity index (χ0n) is 23.0. The van der Waals surface area contributed by atoms with Crippen molar-refractivity contribution >= 4 is 31.6 Å². The van der Waals surface area contributed by atoms with Crippen LogP contribution in [0.15, 0.2) is 78.9 Å². The van der Waals surface area contributed by atoms with E-state index in [4.69, 9.17) is 13.2 Å². The number of hydrogen-bond donors (Lipinski definition) is 0. The summed E-state index contributed by atoms with van der Waals surface area (Å²) in [6.07, 6.45) is 6.89. The summed E-state index contributed by atoms with van der Waals surface area (Å²) in [5, 5.41) is 1.97. The lowest BCUT2D eigenvalue weighted by Gasteiger charge is -2.22. The molecule has 2 aromatic carbocycles. The summed E-state index contributed by atoms with van der Waals surface area (Å²) in [5.41, 5.74) is 3.28. The van der Waals surface area contributed by atoms with Crippen molar-refractivity contribution in [3.05, 3.63) is 84.4 Å². The van der Waals surface area contributed by atoms with Crippen LogP contribution in [0.4, 0.5) is 0 Å². The van der Waals surface area contributed by atoms with Gasteiger partial charge in [-0.2, -0.15) is 0 Å². The highest BCUT2D eigenvalue weighted by molar-refractivity contribution is 7.26. The van der Waals surface area contributed by atoms with Crippen molar-refractivity contribution in [2.75, 3.05) is 0 Å². The van der Waals surface area contributed by atoms with Crippen molar-refractivity contribution in [2.45, 2.75) is 38.0 Å². The van der Waals surface area contributed by atoms with Gasteiger partial charge < -0.3 is 0 Å². The number of aromatic nitrogens is 2. The average Bonchev–Trinajstić information content (AvgIpc) is 3.29. The molecule has 0 spiro atoms. The molecule has 0 radical (unpaired) electrons. The summed E-state index contributed by atoms with van der Waals surface area (Å²) in [7, 11) is 0. The Bertz CT molecular complexity index is 1660. The zero-order valence-corrected chi connectivity index (χ0v) is 17.8. The Morgan fingerprint density at radius 2 is 1.77 bits per heavy atom. The van der Waals surface area contributed by atoms with Crippen molar-refractivity contribution < 1.29 is 8.22 Å². The van der Waals surface area contributed by atoms with Crippen LogP contribution in [0, 0.1) is 0 Å². The molecule has 1 aliphatic carbocycles. The lowest BCUT2D eigenvalue weighted by Crippen LogP contribution is -2.04. The van der Waals surface area contributed by atoms with Gasteiger partial charge >= 0.3 is 0 Å². The van der Waals surface area contributed by atoms with E-state index in [0.29, 0.717) is 5.69 Å². The molecular formula is C28H24N2S. The molecule has 0 N–H and O–H groups in total. The molecule has 3 aromatic heterocycles. The van der Waals surface area contributed by atoms with Crippen LogP contribution in [0.5, 0.6) is 0 Å². The molecule has 1 saturated carbocycles. The molecule has 6 rings (SSSR count). The second-order valence-corrected chi connectivity index (χ2v) is 8.93.